The van der Waals surface area contributed by atoms with Gasteiger partial charge in [0, 0.05) is 14.7 Å². The first kappa shape index (κ1) is 14.8. The summed E-state index contributed by atoms with van der Waals surface area (Å²) in [5, 5.41) is 2.99. The highest BCUT2D eigenvalue weighted by atomic mass is 127. The first-order valence-corrected chi connectivity index (χ1v) is 7.39. The Hall–Kier alpha value is -1.56. The lowest BCUT2D eigenvalue weighted by molar-refractivity contribution is 0.0939. The minimum Gasteiger partial charge on any atom is -0.496 e. The van der Waals surface area contributed by atoms with Crippen LogP contribution in [0.5, 0.6) is 5.75 Å². The highest BCUT2D eigenvalue weighted by Crippen LogP contribution is 2.24. The van der Waals surface area contributed by atoms with Gasteiger partial charge in [0.1, 0.15) is 5.75 Å². The third-order valence-corrected chi connectivity index (χ3v) is 3.71. The van der Waals surface area contributed by atoms with Crippen LogP contribution >= 0.6 is 22.6 Å². The van der Waals surface area contributed by atoms with Crippen molar-refractivity contribution in [3.63, 3.8) is 0 Å². The second-order valence-electron chi connectivity index (χ2n) is 4.45. The average molecular weight is 381 g/mol. The molecule has 2 aromatic rings. The first-order chi connectivity index (χ1) is 9.61. The number of benzene rings is 2. The molecule has 104 valence electrons. The second-order valence-corrected chi connectivity index (χ2v) is 5.69. The number of hydrogen-bond donors (Lipinski definition) is 1. The van der Waals surface area contributed by atoms with Crippen molar-refractivity contribution in [2.75, 3.05) is 7.11 Å². The molecule has 2 rings (SSSR count). The van der Waals surface area contributed by atoms with Crippen LogP contribution < -0.4 is 10.1 Å². The van der Waals surface area contributed by atoms with E-state index >= 15 is 0 Å². The molecule has 0 fully saturated rings. The van der Waals surface area contributed by atoms with Crippen LogP contribution in [0.2, 0.25) is 0 Å². The van der Waals surface area contributed by atoms with E-state index in [1.54, 1.807) is 7.11 Å². The summed E-state index contributed by atoms with van der Waals surface area (Å²) in [6.07, 6.45) is 0. The van der Waals surface area contributed by atoms with Gasteiger partial charge in [0.05, 0.1) is 13.2 Å². The highest BCUT2D eigenvalue weighted by Gasteiger charge is 2.14. The van der Waals surface area contributed by atoms with Crippen molar-refractivity contribution >= 4 is 28.5 Å². The summed E-state index contributed by atoms with van der Waals surface area (Å²) in [4.78, 5) is 12.2. The summed E-state index contributed by atoms with van der Waals surface area (Å²) in [7, 11) is 1.63. The van der Waals surface area contributed by atoms with Crippen molar-refractivity contribution in [3.8, 4) is 5.75 Å². The van der Waals surface area contributed by atoms with E-state index < -0.39 is 0 Å². The third-order valence-electron chi connectivity index (χ3n) is 3.04. The molecule has 0 aliphatic carbocycles. The van der Waals surface area contributed by atoms with E-state index in [1.807, 2.05) is 55.5 Å². The zero-order chi connectivity index (χ0) is 14.5. The molecule has 3 nitrogen and oxygen atoms in total. The molecule has 1 amide bonds. The summed E-state index contributed by atoms with van der Waals surface area (Å²) >= 11 is 2.20. The molecule has 0 spiro atoms. The van der Waals surface area contributed by atoms with Crippen LogP contribution in [-0.2, 0) is 0 Å². The van der Waals surface area contributed by atoms with Crippen molar-refractivity contribution < 1.29 is 9.53 Å². The molecule has 0 unspecified atom stereocenters. The summed E-state index contributed by atoms with van der Waals surface area (Å²) in [6.45, 7) is 1.95. The van der Waals surface area contributed by atoms with Gasteiger partial charge < -0.3 is 10.1 Å². The normalized spacial score (nSPS) is 11.8. The van der Waals surface area contributed by atoms with Crippen LogP contribution in [-0.4, -0.2) is 13.0 Å². The van der Waals surface area contributed by atoms with Crippen molar-refractivity contribution in [2.24, 2.45) is 0 Å². The van der Waals surface area contributed by atoms with Gasteiger partial charge in [-0.1, -0.05) is 24.3 Å². The van der Waals surface area contributed by atoms with Crippen molar-refractivity contribution in [2.45, 2.75) is 13.0 Å². The summed E-state index contributed by atoms with van der Waals surface area (Å²) in [6, 6.07) is 15.1. The molecule has 0 aromatic heterocycles. The van der Waals surface area contributed by atoms with Crippen LogP contribution in [0.25, 0.3) is 0 Å². The number of carbonyl (C=O) groups excluding carboxylic acids is 1. The van der Waals surface area contributed by atoms with Crippen LogP contribution in [0.3, 0.4) is 0 Å². The smallest absolute Gasteiger partial charge is 0.251 e. The number of methoxy groups -OCH3 is 1. The molecular formula is C16H16INO2. The molecule has 20 heavy (non-hydrogen) atoms. The minimum absolute atomic E-state index is 0.0816. The summed E-state index contributed by atoms with van der Waals surface area (Å²) in [5.41, 5.74) is 1.63. The molecule has 0 saturated carbocycles. The Bertz CT molecular complexity index is 613. The number of carbonyl (C=O) groups is 1. The molecule has 2 aromatic carbocycles. The van der Waals surface area contributed by atoms with Crippen molar-refractivity contribution in [3.05, 3.63) is 63.2 Å². The predicted molar refractivity (Wildman–Crippen MR) is 88.0 cm³/mol. The van der Waals surface area contributed by atoms with E-state index in [0.29, 0.717) is 5.56 Å². The van der Waals surface area contributed by atoms with Gasteiger partial charge in [0.2, 0.25) is 0 Å². The lowest BCUT2D eigenvalue weighted by atomic mass is 10.1. The maximum atomic E-state index is 12.2. The molecule has 4 heteroatoms. The topological polar surface area (TPSA) is 38.3 Å². The van der Waals surface area contributed by atoms with Crippen LogP contribution in [0.15, 0.2) is 48.5 Å². The third kappa shape index (κ3) is 3.50. The number of halogens is 1. The summed E-state index contributed by atoms with van der Waals surface area (Å²) in [5.74, 6) is 0.699. The fraction of sp³-hybridized carbons (Fsp3) is 0.188. The number of para-hydroxylation sites is 1. The van der Waals surface area contributed by atoms with Crippen molar-refractivity contribution in [1.82, 2.24) is 5.32 Å². The highest BCUT2D eigenvalue weighted by molar-refractivity contribution is 14.1. The lowest BCUT2D eigenvalue weighted by Crippen LogP contribution is -2.26. The van der Waals surface area contributed by atoms with Crippen molar-refractivity contribution in [1.29, 1.82) is 0 Å². The van der Waals surface area contributed by atoms with E-state index in [9.17, 15) is 4.79 Å². The quantitative estimate of drug-likeness (QED) is 0.819. The Morgan fingerprint density at radius 1 is 1.20 bits per heavy atom. The van der Waals surface area contributed by atoms with Gasteiger partial charge >= 0.3 is 0 Å². The van der Waals surface area contributed by atoms with Gasteiger partial charge in [-0.15, -0.1) is 0 Å². The van der Waals surface area contributed by atoms with Crippen LogP contribution in [0.4, 0.5) is 0 Å². The number of amides is 1. The zero-order valence-electron chi connectivity index (χ0n) is 11.4. The molecule has 0 aliphatic heterocycles. The Morgan fingerprint density at radius 3 is 2.65 bits per heavy atom. The van der Waals surface area contributed by atoms with E-state index in [2.05, 4.69) is 27.9 Å². The monoisotopic (exact) mass is 381 g/mol. The van der Waals surface area contributed by atoms with Gasteiger partial charge in [-0.25, -0.2) is 0 Å². The van der Waals surface area contributed by atoms with Crippen LogP contribution in [0.1, 0.15) is 28.9 Å². The zero-order valence-corrected chi connectivity index (χ0v) is 13.5. The van der Waals surface area contributed by atoms with E-state index in [1.165, 1.54) is 0 Å². The molecular weight excluding hydrogens is 365 g/mol. The van der Waals surface area contributed by atoms with Gasteiger partial charge in [-0.05, 0) is 53.8 Å². The number of rotatable bonds is 4. The fourth-order valence-corrected chi connectivity index (χ4v) is 2.55. The Balaban J connectivity index is 2.15. The Kier molecular flexibility index (Phi) is 5.00. The number of nitrogens with one attached hydrogen (secondary N) is 1. The SMILES string of the molecule is COc1ccccc1[C@@H](C)NC(=O)c1cccc(I)c1. The van der Waals surface area contributed by atoms with Gasteiger partial charge in [-0.3, -0.25) is 4.79 Å². The first-order valence-electron chi connectivity index (χ1n) is 6.31. The largest absolute Gasteiger partial charge is 0.496 e. The summed E-state index contributed by atoms with van der Waals surface area (Å²) < 4.78 is 6.36. The number of hydrogen-bond acceptors (Lipinski definition) is 2. The maximum absolute atomic E-state index is 12.2. The Morgan fingerprint density at radius 2 is 1.95 bits per heavy atom. The van der Waals surface area contributed by atoms with E-state index in [0.717, 1.165) is 14.9 Å². The minimum atomic E-state index is -0.114. The molecule has 0 saturated heterocycles. The van der Waals surface area contributed by atoms with E-state index in [-0.39, 0.29) is 11.9 Å². The van der Waals surface area contributed by atoms with E-state index in [4.69, 9.17) is 4.74 Å². The second kappa shape index (κ2) is 6.74. The fourth-order valence-electron chi connectivity index (χ4n) is 2.01. The number of ether oxygens (including phenoxy) is 1. The lowest BCUT2D eigenvalue weighted by Gasteiger charge is -2.17. The Labute approximate surface area is 132 Å². The molecule has 0 bridgehead atoms. The molecule has 1 atom stereocenters. The molecule has 0 radical (unpaired) electrons. The van der Waals surface area contributed by atoms with Gasteiger partial charge in [0.15, 0.2) is 0 Å². The molecule has 0 aliphatic rings. The molecule has 1 N–H and O–H groups in total. The van der Waals surface area contributed by atoms with Crippen LogP contribution in [0, 0.1) is 3.57 Å². The van der Waals surface area contributed by atoms with Gasteiger partial charge in [-0.2, -0.15) is 0 Å². The average Bonchev–Trinajstić information content (AvgIpc) is 2.47. The standard InChI is InChI=1S/C16H16INO2/c1-11(14-8-3-4-9-15(14)20-2)18-16(19)12-6-5-7-13(17)10-12/h3-11H,1-2H3,(H,18,19)/t11-/m1/s1. The predicted octanol–water partition coefficient (Wildman–Crippen LogP) is 3.79. The maximum Gasteiger partial charge on any atom is 0.251 e. The van der Waals surface area contributed by atoms with Gasteiger partial charge in [0.25, 0.3) is 5.91 Å². The molecule has 0 heterocycles.